The number of nitrogens with zero attached hydrogens (tertiary/aromatic N) is 1. The first-order valence-electron chi connectivity index (χ1n) is 10.3. The summed E-state index contributed by atoms with van der Waals surface area (Å²) in [4.78, 5) is 17.2. The Morgan fingerprint density at radius 3 is 2.25 bits per heavy atom. The van der Waals surface area contributed by atoms with E-state index in [1.54, 1.807) is 6.20 Å². The van der Waals surface area contributed by atoms with Gasteiger partial charge in [-0.3, -0.25) is 9.69 Å². The molecule has 0 amide bonds. The molecule has 3 heteroatoms. The van der Waals surface area contributed by atoms with Crippen molar-refractivity contribution >= 4 is 0 Å². The zero-order chi connectivity index (χ0) is 19.2. The summed E-state index contributed by atoms with van der Waals surface area (Å²) in [6, 6.07) is 25.7. The SMILES string of the molecule is O=c1[nH]cccc1CN1CCC(C(Cc2ccccc2)c2ccccc2)CC1. The molecule has 1 atom stereocenters. The minimum absolute atomic E-state index is 0.0378. The Hall–Kier alpha value is -2.65. The van der Waals surface area contributed by atoms with Crippen LogP contribution in [0.2, 0.25) is 0 Å². The standard InChI is InChI=1S/C25H28N2O/c28-25-23(12-7-15-26-25)19-27-16-13-22(14-17-27)24(21-10-5-2-6-11-21)18-20-8-3-1-4-9-20/h1-12,15,22,24H,13-14,16-19H2,(H,26,28). The van der Waals surface area contributed by atoms with Crippen molar-refractivity contribution in [3.63, 3.8) is 0 Å². The summed E-state index contributed by atoms with van der Waals surface area (Å²) in [5, 5.41) is 0. The fourth-order valence-electron chi connectivity index (χ4n) is 4.46. The van der Waals surface area contributed by atoms with Crippen LogP contribution in [-0.2, 0) is 13.0 Å². The third kappa shape index (κ3) is 4.60. The van der Waals surface area contributed by atoms with Gasteiger partial charge in [0.25, 0.3) is 5.56 Å². The molecular weight excluding hydrogens is 344 g/mol. The number of piperidine rings is 1. The van der Waals surface area contributed by atoms with Gasteiger partial charge in [0, 0.05) is 18.3 Å². The highest BCUT2D eigenvalue weighted by Gasteiger charge is 2.28. The summed E-state index contributed by atoms with van der Waals surface area (Å²) >= 11 is 0. The van der Waals surface area contributed by atoms with E-state index in [4.69, 9.17) is 0 Å². The van der Waals surface area contributed by atoms with Crippen LogP contribution in [0.3, 0.4) is 0 Å². The highest BCUT2D eigenvalue weighted by atomic mass is 16.1. The molecule has 0 radical (unpaired) electrons. The Kier molecular flexibility index (Phi) is 6.03. The normalized spacial score (nSPS) is 16.7. The van der Waals surface area contributed by atoms with Gasteiger partial charge in [-0.25, -0.2) is 0 Å². The lowest BCUT2D eigenvalue weighted by Crippen LogP contribution is -2.36. The number of aromatic nitrogens is 1. The van der Waals surface area contributed by atoms with Crippen molar-refractivity contribution in [1.82, 2.24) is 9.88 Å². The lowest BCUT2D eigenvalue weighted by atomic mass is 9.77. The van der Waals surface area contributed by atoms with E-state index in [1.807, 2.05) is 12.1 Å². The van der Waals surface area contributed by atoms with Crippen LogP contribution >= 0.6 is 0 Å². The second kappa shape index (κ2) is 9.03. The highest BCUT2D eigenvalue weighted by Crippen LogP contribution is 2.35. The molecule has 1 saturated heterocycles. The molecule has 1 unspecified atom stereocenters. The van der Waals surface area contributed by atoms with Crippen LogP contribution in [-0.4, -0.2) is 23.0 Å². The Labute approximate surface area is 167 Å². The number of nitrogens with one attached hydrogen (secondary N) is 1. The van der Waals surface area contributed by atoms with Gasteiger partial charge in [-0.05, 0) is 61.4 Å². The number of benzene rings is 2. The zero-order valence-corrected chi connectivity index (χ0v) is 16.3. The molecule has 2 aromatic carbocycles. The average Bonchev–Trinajstić information content (AvgIpc) is 2.76. The molecule has 0 saturated carbocycles. The van der Waals surface area contributed by atoms with Gasteiger partial charge in [-0.2, -0.15) is 0 Å². The van der Waals surface area contributed by atoms with Crippen LogP contribution in [0.4, 0.5) is 0 Å². The molecule has 1 aliphatic heterocycles. The molecule has 1 aliphatic rings. The summed E-state index contributed by atoms with van der Waals surface area (Å²) < 4.78 is 0. The smallest absolute Gasteiger partial charge is 0.252 e. The first kappa shape index (κ1) is 18.7. The molecule has 4 rings (SSSR count). The van der Waals surface area contributed by atoms with E-state index < -0.39 is 0 Å². The van der Waals surface area contributed by atoms with Crippen molar-refractivity contribution in [2.24, 2.45) is 5.92 Å². The molecule has 1 N–H and O–H groups in total. The van der Waals surface area contributed by atoms with E-state index in [2.05, 4.69) is 70.5 Å². The van der Waals surface area contributed by atoms with E-state index >= 15 is 0 Å². The van der Waals surface area contributed by atoms with Crippen LogP contribution in [0.25, 0.3) is 0 Å². The fourth-order valence-corrected chi connectivity index (χ4v) is 4.46. The Morgan fingerprint density at radius 2 is 1.57 bits per heavy atom. The molecular formula is C25H28N2O. The van der Waals surface area contributed by atoms with Crippen molar-refractivity contribution in [2.75, 3.05) is 13.1 Å². The quantitative estimate of drug-likeness (QED) is 0.686. The van der Waals surface area contributed by atoms with Crippen LogP contribution < -0.4 is 5.56 Å². The van der Waals surface area contributed by atoms with Crippen molar-refractivity contribution in [1.29, 1.82) is 0 Å². The first-order valence-corrected chi connectivity index (χ1v) is 10.3. The second-order valence-electron chi connectivity index (χ2n) is 7.84. The number of likely N-dealkylation sites (tertiary alicyclic amines) is 1. The number of H-pyrrole nitrogens is 1. The van der Waals surface area contributed by atoms with Crippen LogP contribution in [0.5, 0.6) is 0 Å². The van der Waals surface area contributed by atoms with E-state index in [-0.39, 0.29) is 5.56 Å². The van der Waals surface area contributed by atoms with Gasteiger partial charge < -0.3 is 4.98 Å². The van der Waals surface area contributed by atoms with Crippen LogP contribution in [0, 0.1) is 5.92 Å². The van der Waals surface area contributed by atoms with Crippen LogP contribution in [0.1, 0.15) is 35.4 Å². The van der Waals surface area contributed by atoms with Gasteiger partial charge in [-0.15, -0.1) is 0 Å². The largest absolute Gasteiger partial charge is 0.329 e. The minimum Gasteiger partial charge on any atom is -0.329 e. The third-order valence-electron chi connectivity index (χ3n) is 6.02. The summed E-state index contributed by atoms with van der Waals surface area (Å²) in [6.07, 6.45) is 5.15. The summed E-state index contributed by atoms with van der Waals surface area (Å²) in [5.41, 5.74) is 3.76. The molecule has 28 heavy (non-hydrogen) atoms. The van der Waals surface area contributed by atoms with Gasteiger partial charge in [0.15, 0.2) is 0 Å². The van der Waals surface area contributed by atoms with E-state index in [0.717, 1.165) is 31.6 Å². The summed E-state index contributed by atoms with van der Waals surface area (Å²) in [5.74, 6) is 1.22. The van der Waals surface area contributed by atoms with Gasteiger partial charge in [0.05, 0.1) is 0 Å². The molecule has 3 aromatic rings. The molecule has 1 aromatic heterocycles. The highest BCUT2D eigenvalue weighted by molar-refractivity contribution is 5.25. The van der Waals surface area contributed by atoms with E-state index in [1.165, 1.54) is 24.0 Å². The lowest BCUT2D eigenvalue weighted by Gasteiger charge is -2.36. The topological polar surface area (TPSA) is 36.1 Å². The second-order valence-corrected chi connectivity index (χ2v) is 7.84. The lowest BCUT2D eigenvalue weighted by molar-refractivity contribution is 0.160. The van der Waals surface area contributed by atoms with Gasteiger partial charge in [-0.1, -0.05) is 66.7 Å². The third-order valence-corrected chi connectivity index (χ3v) is 6.02. The summed E-state index contributed by atoms with van der Waals surface area (Å²) in [6.45, 7) is 2.85. The van der Waals surface area contributed by atoms with Crippen molar-refractivity contribution < 1.29 is 0 Å². The Morgan fingerprint density at radius 1 is 0.893 bits per heavy atom. The van der Waals surface area contributed by atoms with Crippen molar-refractivity contribution in [2.45, 2.75) is 31.7 Å². The number of aromatic amines is 1. The van der Waals surface area contributed by atoms with Gasteiger partial charge in [0.2, 0.25) is 0 Å². The fraction of sp³-hybridized carbons (Fsp3) is 0.320. The molecule has 3 nitrogen and oxygen atoms in total. The zero-order valence-electron chi connectivity index (χ0n) is 16.3. The van der Waals surface area contributed by atoms with Crippen LogP contribution in [0.15, 0.2) is 83.8 Å². The maximum atomic E-state index is 12.0. The predicted octanol–water partition coefficient (Wildman–Crippen LogP) is 4.61. The maximum absolute atomic E-state index is 12.0. The molecule has 0 spiro atoms. The molecule has 0 aliphatic carbocycles. The monoisotopic (exact) mass is 372 g/mol. The molecule has 2 heterocycles. The molecule has 144 valence electrons. The van der Waals surface area contributed by atoms with Crippen molar-refractivity contribution in [3.8, 4) is 0 Å². The number of hydrogen-bond donors (Lipinski definition) is 1. The Balaban J connectivity index is 1.45. The number of hydrogen-bond acceptors (Lipinski definition) is 2. The van der Waals surface area contributed by atoms with E-state index in [0.29, 0.717) is 11.8 Å². The minimum atomic E-state index is 0.0378. The van der Waals surface area contributed by atoms with E-state index in [9.17, 15) is 4.79 Å². The number of pyridine rings is 1. The first-order chi connectivity index (χ1) is 13.8. The predicted molar refractivity (Wildman–Crippen MR) is 114 cm³/mol. The van der Waals surface area contributed by atoms with Crippen molar-refractivity contribution in [3.05, 3.63) is 106 Å². The average molecular weight is 373 g/mol. The summed E-state index contributed by atoms with van der Waals surface area (Å²) in [7, 11) is 0. The Bertz CT molecular complexity index is 912. The van der Waals surface area contributed by atoms with Gasteiger partial charge in [0.1, 0.15) is 0 Å². The molecule has 0 bridgehead atoms. The molecule has 1 fully saturated rings. The van der Waals surface area contributed by atoms with Gasteiger partial charge >= 0.3 is 0 Å². The maximum Gasteiger partial charge on any atom is 0.252 e. The number of rotatable bonds is 6.